The van der Waals surface area contributed by atoms with Crippen LogP contribution < -0.4 is 5.32 Å². The Morgan fingerprint density at radius 2 is 1.90 bits per heavy atom. The molecule has 0 unspecified atom stereocenters. The van der Waals surface area contributed by atoms with Gasteiger partial charge in [-0.15, -0.1) is 0 Å². The summed E-state index contributed by atoms with van der Waals surface area (Å²) in [6.45, 7) is 1.81. The molecule has 0 aliphatic carbocycles. The molecule has 0 aliphatic heterocycles. The van der Waals surface area contributed by atoms with Gasteiger partial charge in [-0.05, 0) is 43.5 Å². The summed E-state index contributed by atoms with van der Waals surface area (Å²) in [7, 11) is 0. The van der Waals surface area contributed by atoms with Gasteiger partial charge in [-0.1, -0.05) is 17.8 Å². The van der Waals surface area contributed by atoms with Crippen molar-refractivity contribution in [2.75, 3.05) is 11.6 Å². The first-order valence-electron chi connectivity index (χ1n) is 9.27. The van der Waals surface area contributed by atoms with Crippen molar-refractivity contribution in [2.45, 2.75) is 12.1 Å². The molecule has 2 aromatic heterocycles. The average Bonchev–Trinajstić information content (AvgIpc) is 3.40. The van der Waals surface area contributed by atoms with E-state index >= 15 is 0 Å². The predicted molar refractivity (Wildman–Crippen MR) is 118 cm³/mol. The Kier molecular flexibility index (Phi) is 5.54. The number of nitrogens with zero attached hydrogens (tertiary/aromatic N) is 5. The van der Waals surface area contributed by atoms with E-state index in [0.717, 1.165) is 10.8 Å². The number of anilines is 1. The van der Waals surface area contributed by atoms with Crippen LogP contribution in [0, 0.1) is 17.0 Å². The van der Waals surface area contributed by atoms with Gasteiger partial charge in [-0.3, -0.25) is 19.5 Å². The number of imidazole rings is 1. The predicted octanol–water partition coefficient (Wildman–Crippen LogP) is 4.25. The van der Waals surface area contributed by atoms with Crippen LogP contribution in [0.1, 0.15) is 16.1 Å². The second-order valence-corrected chi connectivity index (χ2v) is 7.42. The standard InChI is InChI=1S/C21H18N6O3S/c1-14-12-19(26(24-14)16-6-8-17(9-7-16)27(29)30)23-20(28)15-4-3-5-18(13-15)25-11-10-22-21(25)31-2/h3-13H,1-2H3,(H,23,28). The first kappa shape index (κ1) is 20.4. The molecule has 9 nitrogen and oxygen atoms in total. The molecule has 4 rings (SSSR count). The summed E-state index contributed by atoms with van der Waals surface area (Å²) in [5.74, 6) is 0.171. The van der Waals surface area contributed by atoms with Crippen LogP contribution in [0.15, 0.2) is 72.1 Å². The van der Waals surface area contributed by atoms with E-state index in [9.17, 15) is 14.9 Å². The highest BCUT2D eigenvalue weighted by molar-refractivity contribution is 7.98. The molecule has 10 heteroatoms. The fraction of sp³-hybridized carbons (Fsp3) is 0.0952. The third kappa shape index (κ3) is 4.19. The number of non-ortho nitro benzene ring substituents is 1. The van der Waals surface area contributed by atoms with Crippen LogP contribution in [-0.2, 0) is 0 Å². The fourth-order valence-corrected chi connectivity index (χ4v) is 3.65. The van der Waals surface area contributed by atoms with Crippen molar-refractivity contribution in [3.05, 3.63) is 88.4 Å². The molecular weight excluding hydrogens is 416 g/mol. The summed E-state index contributed by atoms with van der Waals surface area (Å²) >= 11 is 1.52. The molecular formula is C21H18N6O3S. The van der Waals surface area contributed by atoms with Crippen molar-refractivity contribution in [2.24, 2.45) is 0 Å². The summed E-state index contributed by atoms with van der Waals surface area (Å²) in [4.78, 5) is 27.7. The molecule has 0 aliphatic rings. The second-order valence-electron chi connectivity index (χ2n) is 6.64. The summed E-state index contributed by atoms with van der Waals surface area (Å²) < 4.78 is 3.45. The van der Waals surface area contributed by atoms with Gasteiger partial charge in [0.15, 0.2) is 5.16 Å². The fourth-order valence-electron chi connectivity index (χ4n) is 3.12. The molecule has 0 fully saturated rings. The van der Waals surface area contributed by atoms with Crippen LogP contribution in [0.3, 0.4) is 0 Å². The number of rotatable bonds is 6. The maximum Gasteiger partial charge on any atom is 0.269 e. The number of nitrogens with one attached hydrogen (secondary N) is 1. The minimum Gasteiger partial charge on any atom is -0.306 e. The average molecular weight is 434 g/mol. The number of hydrogen-bond donors (Lipinski definition) is 1. The normalized spacial score (nSPS) is 10.8. The number of nitro benzene ring substituents is 1. The number of hydrogen-bond acceptors (Lipinski definition) is 6. The molecule has 0 saturated carbocycles. The van der Waals surface area contributed by atoms with E-state index in [0.29, 0.717) is 22.8 Å². The molecule has 1 amide bonds. The Labute approximate surface area is 181 Å². The zero-order chi connectivity index (χ0) is 22.0. The van der Waals surface area contributed by atoms with E-state index in [1.807, 2.05) is 29.2 Å². The smallest absolute Gasteiger partial charge is 0.269 e. The van der Waals surface area contributed by atoms with Crippen molar-refractivity contribution >= 4 is 29.2 Å². The first-order chi connectivity index (χ1) is 15.0. The molecule has 2 heterocycles. The lowest BCUT2D eigenvalue weighted by molar-refractivity contribution is -0.384. The van der Waals surface area contributed by atoms with Crippen LogP contribution in [0.5, 0.6) is 0 Å². The largest absolute Gasteiger partial charge is 0.306 e. The lowest BCUT2D eigenvalue weighted by Gasteiger charge is -2.11. The summed E-state index contributed by atoms with van der Waals surface area (Å²) in [6, 6.07) is 14.9. The maximum atomic E-state index is 13.0. The number of benzene rings is 2. The second kappa shape index (κ2) is 8.44. The molecule has 156 valence electrons. The molecule has 0 spiro atoms. The van der Waals surface area contributed by atoms with Crippen molar-refractivity contribution in [3.8, 4) is 11.4 Å². The molecule has 4 aromatic rings. The molecule has 0 radical (unpaired) electrons. The molecule has 0 bridgehead atoms. The maximum absolute atomic E-state index is 13.0. The van der Waals surface area contributed by atoms with E-state index < -0.39 is 4.92 Å². The number of aryl methyl sites for hydroxylation is 1. The number of carbonyl (C=O) groups excluding carboxylic acids is 1. The molecule has 0 saturated heterocycles. The third-order valence-electron chi connectivity index (χ3n) is 4.55. The number of aromatic nitrogens is 4. The Bertz CT molecular complexity index is 1260. The van der Waals surface area contributed by atoms with Crippen LogP contribution >= 0.6 is 11.8 Å². The Balaban J connectivity index is 1.61. The van der Waals surface area contributed by atoms with Gasteiger partial charge < -0.3 is 5.32 Å². The first-order valence-corrected chi connectivity index (χ1v) is 10.5. The topological polar surface area (TPSA) is 108 Å². The molecule has 1 N–H and O–H groups in total. The lowest BCUT2D eigenvalue weighted by atomic mass is 10.2. The van der Waals surface area contributed by atoms with E-state index in [1.54, 1.807) is 48.1 Å². The summed E-state index contributed by atoms with van der Waals surface area (Å²) in [5, 5.41) is 19.0. The van der Waals surface area contributed by atoms with Gasteiger partial charge in [0.05, 0.1) is 16.3 Å². The van der Waals surface area contributed by atoms with Gasteiger partial charge in [-0.2, -0.15) is 5.10 Å². The highest BCUT2D eigenvalue weighted by Gasteiger charge is 2.15. The van der Waals surface area contributed by atoms with Gasteiger partial charge in [0, 0.05) is 41.8 Å². The van der Waals surface area contributed by atoms with Gasteiger partial charge >= 0.3 is 0 Å². The minimum absolute atomic E-state index is 0.0147. The third-order valence-corrected chi connectivity index (χ3v) is 5.22. The Morgan fingerprint density at radius 3 is 2.61 bits per heavy atom. The van der Waals surface area contributed by atoms with E-state index in [1.165, 1.54) is 23.9 Å². The number of amides is 1. The number of thioether (sulfide) groups is 1. The van der Waals surface area contributed by atoms with Crippen LogP contribution in [0.25, 0.3) is 11.4 Å². The van der Waals surface area contributed by atoms with Crippen molar-refractivity contribution in [1.82, 2.24) is 19.3 Å². The number of carbonyl (C=O) groups is 1. The van der Waals surface area contributed by atoms with E-state index in [2.05, 4.69) is 15.4 Å². The SMILES string of the molecule is CSc1nccn1-c1cccc(C(=O)Nc2cc(C)nn2-c2ccc([N+](=O)[O-])cc2)c1. The molecule has 0 atom stereocenters. The van der Waals surface area contributed by atoms with Gasteiger partial charge in [0.1, 0.15) is 5.82 Å². The number of nitro groups is 1. The highest BCUT2D eigenvalue weighted by atomic mass is 32.2. The molecule has 31 heavy (non-hydrogen) atoms. The van der Waals surface area contributed by atoms with Crippen molar-refractivity contribution in [1.29, 1.82) is 0 Å². The van der Waals surface area contributed by atoms with E-state index in [4.69, 9.17) is 0 Å². The summed E-state index contributed by atoms with van der Waals surface area (Å²) in [6.07, 6.45) is 5.50. The Morgan fingerprint density at radius 1 is 1.13 bits per heavy atom. The zero-order valence-corrected chi connectivity index (χ0v) is 17.5. The highest BCUT2D eigenvalue weighted by Crippen LogP contribution is 2.22. The van der Waals surface area contributed by atoms with Gasteiger partial charge in [-0.25, -0.2) is 9.67 Å². The monoisotopic (exact) mass is 434 g/mol. The Hall–Kier alpha value is -3.92. The summed E-state index contributed by atoms with van der Waals surface area (Å²) in [5.41, 5.74) is 2.59. The molecule has 2 aromatic carbocycles. The van der Waals surface area contributed by atoms with Crippen LogP contribution in [0.2, 0.25) is 0 Å². The zero-order valence-electron chi connectivity index (χ0n) is 16.7. The van der Waals surface area contributed by atoms with Crippen molar-refractivity contribution in [3.63, 3.8) is 0 Å². The van der Waals surface area contributed by atoms with Crippen molar-refractivity contribution < 1.29 is 9.72 Å². The lowest BCUT2D eigenvalue weighted by Crippen LogP contribution is -2.15. The van der Waals surface area contributed by atoms with Gasteiger partial charge in [0.25, 0.3) is 11.6 Å². The van der Waals surface area contributed by atoms with Gasteiger partial charge in [0.2, 0.25) is 0 Å². The minimum atomic E-state index is -0.462. The van der Waals surface area contributed by atoms with Crippen LogP contribution in [0.4, 0.5) is 11.5 Å². The van der Waals surface area contributed by atoms with E-state index in [-0.39, 0.29) is 11.6 Å². The quantitative estimate of drug-likeness (QED) is 0.276. The van der Waals surface area contributed by atoms with Crippen LogP contribution in [-0.4, -0.2) is 36.4 Å².